The van der Waals surface area contributed by atoms with Crippen LogP contribution in [0.25, 0.3) is 10.9 Å². The molecule has 5 heteroatoms. The summed E-state index contributed by atoms with van der Waals surface area (Å²) in [7, 11) is 1.67. The molecule has 32 heavy (non-hydrogen) atoms. The fourth-order valence-electron chi connectivity index (χ4n) is 3.90. The molecule has 0 bridgehead atoms. The number of rotatable bonds is 8. The van der Waals surface area contributed by atoms with Gasteiger partial charge in [0.05, 0.1) is 13.2 Å². The molecule has 1 aromatic heterocycles. The van der Waals surface area contributed by atoms with E-state index in [4.69, 9.17) is 4.74 Å². The number of para-hydroxylation sites is 1. The largest absolute Gasteiger partial charge is 0.497 e. The van der Waals surface area contributed by atoms with E-state index in [1.54, 1.807) is 7.11 Å². The normalized spacial score (nSPS) is 13.0. The molecule has 0 unspecified atom stereocenters. The Morgan fingerprint density at radius 2 is 1.72 bits per heavy atom. The quantitative estimate of drug-likeness (QED) is 0.361. The minimum absolute atomic E-state index is 0.0544. The smallest absolute Gasteiger partial charge is 0.241 e. The predicted octanol–water partition coefficient (Wildman–Crippen LogP) is 5.23. The number of nitrogens with one attached hydrogen (secondary N) is 3. The van der Waals surface area contributed by atoms with Crippen LogP contribution in [0.15, 0.2) is 79.0 Å². The lowest BCUT2D eigenvalue weighted by Crippen LogP contribution is -2.40. The molecule has 0 aliphatic rings. The van der Waals surface area contributed by atoms with Crippen molar-refractivity contribution in [3.63, 3.8) is 0 Å². The number of carbonyl (C=O) groups excluding carboxylic acids is 1. The number of hydrogen-bond donors (Lipinski definition) is 3. The molecule has 4 rings (SSSR count). The molecule has 164 valence electrons. The van der Waals surface area contributed by atoms with Crippen LogP contribution in [0.4, 0.5) is 5.69 Å². The Morgan fingerprint density at radius 1 is 1.00 bits per heavy atom. The third-order valence-corrected chi connectivity index (χ3v) is 5.86. The molecule has 0 spiro atoms. The summed E-state index contributed by atoms with van der Waals surface area (Å²) in [6.45, 7) is 4.54. The Bertz CT molecular complexity index is 1180. The van der Waals surface area contributed by atoms with Crippen LogP contribution in [0.3, 0.4) is 0 Å². The number of aryl methyl sites for hydroxylation is 1. The molecule has 0 aliphatic heterocycles. The highest BCUT2D eigenvalue weighted by Gasteiger charge is 2.21. The zero-order valence-corrected chi connectivity index (χ0v) is 18.7. The number of H-pyrrole nitrogens is 1. The summed E-state index contributed by atoms with van der Waals surface area (Å²) < 4.78 is 5.33. The minimum Gasteiger partial charge on any atom is -0.497 e. The molecule has 5 nitrogen and oxygen atoms in total. The van der Waals surface area contributed by atoms with Crippen molar-refractivity contribution in [1.82, 2.24) is 10.3 Å². The van der Waals surface area contributed by atoms with Gasteiger partial charge in [0, 0.05) is 35.2 Å². The van der Waals surface area contributed by atoms with Crippen LogP contribution in [-0.4, -0.2) is 30.6 Å². The van der Waals surface area contributed by atoms with Crippen LogP contribution in [-0.2, 0) is 4.79 Å². The lowest BCUT2D eigenvalue weighted by molar-refractivity contribution is -0.117. The molecule has 0 saturated carbocycles. The van der Waals surface area contributed by atoms with Gasteiger partial charge >= 0.3 is 0 Å². The number of fused-ring (bicyclic) bond motifs is 1. The number of aromatic nitrogens is 1. The van der Waals surface area contributed by atoms with Gasteiger partial charge in [0.2, 0.25) is 5.91 Å². The summed E-state index contributed by atoms with van der Waals surface area (Å²) in [5.74, 6) is 0.846. The second-order valence-corrected chi connectivity index (χ2v) is 8.10. The summed E-state index contributed by atoms with van der Waals surface area (Å²) in [5, 5.41) is 7.61. The maximum Gasteiger partial charge on any atom is 0.241 e. The molecule has 0 saturated heterocycles. The highest BCUT2D eigenvalue weighted by Crippen LogP contribution is 2.31. The molecule has 2 atom stereocenters. The second kappa shape index (κ2) is 9.71. The summed E-state index contributed by atoms with van der Waals surface area (Å²) in [6.07, 6.45) is 2.07. The van der Waals surface area contributed by atoms with Gasteiger partial charge in [-0.15, -0.1) is 0 Å². The van der Waals surface area contributed by atoms with Crippen molar-refractivity contribution < 1.29 is 9.53 Å². The third kappa shape index (κ3) is 4.84. The maximum absolute atomic E-state index is 12.7. The van der Waals surface area contributed by atoms with Crippen molar-refractivity contribution in [2.45, 2.75) is 25.8 Å². The third-order valence-electron chi connectivity index (χ3n) is 5.86. The van der Waals surface area contributed by atoms with Crippen molar-refractivity contribution in [2.75, 3.05) is 19.0 Å². The van der Waals surface area contributed by atoms with Gasteiger partial charge in [-0.1, -0.05) is 48.0 Å². The first-order chi connectivity index (χ1) is 15.5. The summed E-state index contributed by atoms with van der Waals surface area (Å²) in [5.41, 5.74) is 5.43. The first-order valence-electron chi connectivity index (χ1n) is 10.9. The van der Waals surface area contributed by atoms with Crippen LogP contribution in [0, 0.1) is 6.92 Å². The summed E-state index contributed by atoms with van der Waals surface area (Å²) >= 11 is 0. The van der Waals surface area contributed by atoms with E-state index in [-0.39, 0.29) is 17.9 Å². The first-order valence-corrected chi connectivity index (χ1v) is 10.9. The molecule has 0 fully saturated rings. The van der Waals surface area contributed by atoms with Gasteiger partial charge in [-0.25, -0.2) is 0 Å². The van der Waals surface area contributed by atoms with E-state index in [9.17, 15) is 4.79 Å². The fraction of sp³-hybridized carbons (Fsp3) is 0.222. The number of hydrogen-bond acceptors (Lipinski definition) is 3. The van der Waals surface area contributed by atoms with E-state index >= 15 is 0 Å². The molecular formula is C27H29N3O2. The zero-order valence-electron chi connectivity index (χ0n) is 18.7. The monoisotopic (exact) mass is 427 g/mol. The van der Waals surface area contributed by atoms with E-state index < -0.39 is 0 Å². The van der Waals surface area contributed by atoms with Crippen molar-refractivity contribution in [3.05, 3.63) is 95.7 Å². The Morgan fingerprint density at radius 3 is 2.44 bits per heavy atom. The van der Waals surface area contributed by atoms with Crippen LogP contribution in [0.5, 0.6) is 5.75 Å². The van der Waals surface area contributed by atoms with Crippen LogP contribution in [0.1, 0.15) is 29.5 Å². The number of anilines is 1. The van der Waals surface area contributed by atoms with Crippen molar-refractivity contribution in [2.24, 2.45) is 0 Å². The molecule has 1 heterocycles. The number of amides is 1. The van der Waals surface area contributed by atoms with Crippen LogP contribution in [0.2, 0.25) is 0 Å². The van der Waals surface area contributed by atoms with E-state index in [0.29, 0.717) is 6.54 Å². The van der Waals surface area contributed by atoms with Gasteiger partial charge in [-0.3, -0.25) is 4.79 Å². The Hall–Kier alpha value is -3.57. The second-order valence-electron chi connectivity index (χ2n) is 8.10. The topological polar surface area (TPSA) is 66.2 Å². The fourth-order valence-corrected chi connectivity index (χ4v) is 3.90. The number of ether oxygens (including phenoxy) is 1. The Labute approximate surface area is 188 Å². The Balaban J connectivity index is 1.53. The van der Waals surface area contributed by atoms with Gasteiger partial charge < -0.3 is 20.4 Å². The predicted molar refractivity (Wildman–Crippen MR) is 130 cm³/mol. The van der Waals surface area contributed by atoms with E-state index in [2.05, 4.69) is 52.1 Å². The summed E-state index contributed by atoms with van der Waals surface area (Å²) in [6, 6.07) is 23.9. The molecule has 0 radical (unpaired) electrons. The van der Waals surface area contributed by atoms with Gasteiger partial charge in [0.1, 0.15) is 5.75 Å². The van der Waals surface area contributed by atoms with Crippen molar-refractivity contribution in [1.29, 1.82) is 0 Å². The van der Waals surface area contributed by atoms with Gasteiger partial charge in [-0.05, 0) is 55.3 Å². The number of methoxy groups -OCH3 is 1. The summed E-state index contributed by atoms with van der Waals surface area (Å²) in [4.78, 5) is 16.1. The van der Waals surface area contributed by atoms with Gasteiger partial charge in [-0.2, -0.15) is 0 Å². The van der Waals surface area contributed by atoms with E-state index in [1.807, 2.05) is 56.3 Å². The molecule has 4 aromatic rings. The molecule has 3 aromatic carbocycles. The number of aromatic amines is 1. The zero-order chi connectivity index (χ0) is 22.5. The number of carbonyl (C=O) groups is 1. The van der Waals surface area contributed by atoms with Crippen molar-refractivity contribution >= 4 is 22.5 Å². The average molecular weight is 428 g/mol. The minimum atomic E-state index is -0.345. The van der Waals surface area contributed by atoms with Gasteiger partial charge in [0.15, 0.2) is 0 Å². The van der Waals surface area contributed by atoms with E-state index in [0.717, 1.165) is 28.1 Å². The number of benzene rings is 3. The maximum atomic E-state index is 12.7. The standard InChI is InChI=1S/C27H29N3O2/c1-18-8-12-21(13-9-18)30-27(31)19(2)28-16-24(20-10-14-22(32-3)15-11-20)25-17-29-26-7-5-4-6-23(25)26/h4-15,17,19,24,28-29H,16H2,1-3H3,(H,30,31)/t19-,24+/m0/s1. The lowest BCUT2D eigenvalue weighted by Gasteiger charge is -2.21. The Kier molecular flexibility index (Phi) is 6.57. The molecule has 1 amide bonds. The first kappa shape index (κ1) is 21.7. The highest BCUT2D eigenvalue weighted by molar-refractivity contribution is 5.94. The molecule has 3 N–H and O–H groups in total. The van der Waals surface area contributed by atoms with Crippen LogP contribution >= 0.6 is 0 Å². The molecular weight excluding hydrogens is 398 g/mol. The highest BCUT2D eigenvalue weighted by atomic mass is 16.5. The van der Waals surface area contributed by atoms with Crippen molar-refractivity contribution in [3.8, 4) is 5.75 Å². The van der Waals surface area contributed by atoms with E-state index in [1.165, 1.54) is 10.9 Å². The lowest BCUT2D eigenvalue weighted by atomic mass is 9.90. The van der Waals surface area contributed by atoms with Crippen LogP contribution < -0.4 is 15.4 Å². The SMILES string of the molecule is COc1ccc([C@@H](CN[C@@H](C)C(=O)Nc2ccc(C)cc2)c2c[nH]c3ccccc23)cc1. The van der Waals surface area contributed by atoms with Gasteiger partial charge in [0.25, 0.3) is 0 Å². The molecule has 0 aliphatic carbocycles. The average Bonchev–Trinajstić information content (AvgIpc) is 3.25.